The van der Waals surface area contributed by atoms with Crippen LogP contribution in [0.4, 0.5) is 0 Å². The van der Waals surface area contributed by atoms with E-state index < -0.39 is 29.9 Å². The maximum absolute atomic E-state index is 14.2. The average Bonchev–Trinajstić information content (AvgIpc) is 3.55. The second-order valence-electron chi connectivity index (χ2n) is 13.9. The van der Waals surface area contributed by atoms with Crippen molar-refractivity contribution in [2.24, 2.45) is 23.3 Å². The SMILES string of the molecule is CCC(=O)N[C@H](Cc1nc2ccc(Cl)cc2s1)C(=O)N[C@@H](CC1CCC(CN)CC1)C(=O)N[C@@H](CCCCN)C(=O)N[C@@H]1CCOc2ccccc21. The lowest BCUT2D eigenvalue weighted by Crippen LogP contribution is -2.57. The molecule has 0 radical (unpaired) electrons. The minimum Gasteiger partial charge on any atom is -0.493 e. The van der Waals surface area contributed by atoms with Crippen LogP contribution in [0.5, 0.6) is 5.75 Å². The van der Waals surface area contributed by atoms with Crippen LogP contribution >= 0.6 is 22.9 Å². The van der Waals surface area contributed by atoms with Crippen molar-refractivity contribution >= 4 is 56.8 Å². The minimum atomic E-state index is -0.969. The summed E-state index contributed by atoms with van der Waals surface area (Å²) in [5, 5.41) is 13.2. The molecule has 8 N–H and O–H groups in total. The van der Waals surface area contributed by atoms with E-state index in [9.17, 15) is 19.2 Å². The summed E-state index contributed by atoms with van der Waals surface area (Å²) in [6, 6.07) is 10.00. The zero-order valence-electron chi connectivity index (χ0n) is 29.8. The number of aromatic nitrogens is 1. The Bertz CT molecular complexity index is 1680. The van der Waals surface area contributed by atoms with Gasteiger partial charge in [-0.15, -0.1) is 11.3 Å². The Hall–Kier alpha value is -3.78. The Morgan fingerprint density at radius 1 is 0.904 bits per heavy atom. The van der Waals surface area contributed by atoms with E-state index in [1.807, 2.05) is 36.4 Å². The first-order valence-electron chi connectivity index (χ1n) is 18.5. The van der Waals surface area contributed by atoms with Gasteiger partial charge in [0.2, 0.25) is 23.6 Å². The summed E-state index contributed by atoms with van der Waals surface area (Å²) in [6.45, 7) is 3.27. The molecule has 1 aliphatic heterocycles. The first kappa shape index (κ1) is 39.4. The first-order chi connectivity index (χ1) is 25.2. The second kappa shape index (κ2) is 19.3. The zero-order chi connectivity index (χ0) is 37.0. The van der Waals surface area contributed by atoms with Gasteiger partial charge in [-0.2, -0.15) is 0 Å². The summed E-state index contributed by atoms with van der Waals surface area (Å²) in [4.78, 5) is 59.5. The maximum atomic E-state index is 14.2. The third kappa shape index (κ3) is 10.9. The van der Waals surface area contributed by atoms with Gasteiger partial charge < -0.3 is 37.5 Å². The van der Waals surface area contributed by atoms with Crippen molar-refractivity contribution in [3.8, 4) is 5.75 Å². The van der Waals surface area contributed by atoms with Gasteiger partial charge in [-0.25, -0.2) is 4.98 Å². The number of benzene rings is 2. The molecule has 2 heterocycles. The van der Waals surface area contributed by atoms with Gasteiger partial charge in [-0.3, -0.25) is 19.2 Å². The number of carbonyl (C=O) groups is 4. The Kier molecular flexibility index (Phi) is 14.7. The molecule has 1 saturated carbocycles. The van der Waals surface area contributed by atoms with E-state index in [4.69, 9.17) is 27.8 Å². The Labute approximate surface area is 314 Å². The number of thiazole rings is 1. The van der Waals surface area contributed by atoms with Gasteiger partial charge in [0.15, 0.2) is 0 Å². The minimum absolute atomic E-state index is 0.140. The quantitative estimate of drug-likeness (QED) is 0.110. The molecular weight excluding hydrogens is 702 g/mol. The van der Waals surface area contributed by atoms with E-state index in [-0.39, 0.29) is 36.6 Å². The number of amides is 4. The maximum Gasteiger partial charge on any atom is 0.243 e. The molecule has 3 aromatic rings. The van der Waals surface area contributed by atoms with E-state index >= 15 is 0 Å². The number of carbonyl (C=O) groups excluding carboxylic acids is 4. The predicted molar refractivity (Wildman–Crippen MR) is 204 cm³/mol. The molecule has 5 rings (SSSR count). The number of para-hydroxylation sites is 1. The van der Waals surface area contributed by atoms with Gasteiger partial charge in [0.05, 0.1) is 27.9 Å². The third-order valence-electron chi connectivity index (χ3n) is 10.1. The molecule has 4 atom stereocenters. The summed E-state index contributed by atoms with van der Waals surface area (Å²) in [6.07, 6.45) is 6.72. The number of halogens is 1. The molecule has 0 saturated heterocycles. The van der Waals surface area contributed by atoms with E-state index in [0.29, 0.717) is 67.7 Å². The molecule has 1 aliphatic carbocycles. The van der Waals surface area contributed by atoms with Crippen LogP contribution in [0.25, 0.3) is 10.2 Å². The van der Waals surface area contributed by atoms with Gasteiger partial charge in [-0.1, -0.05) is 49.6 Å². The Morgan fingerprint density at radius 3 is 2.38 bits per heavy atom. The number of hydrogen-bond acceptors (Lipinski definition) is 9. The van der Waals surface area contributed by atoms with Crippen LogP contribution in [0.3, 0.4) is 0 Å². The smallest absolute Gasteiger partial charge is 0.243 e. The number of hydrogen-bond donors (Lipinski definition) is 6. The molecule has 2 aromatic carbocycles. The van der Waals surface area contributed by atoms with Crippen molar-refractivity contribution in [2.75, 3.05) is 19.7 Å². The lowest BCUT2D eigenvalue weighted by molar-refractivity contribution is -0.134. The predicted octanol–water partition coefficient (Wildman–Crippen LogP) is 4.28. The van der Waals surface area contributed by atoms with Crippen LogP contribution in [-0.2, 0) is 25.6 Å². The summed E-state index contributed by atoms with van der Waals surface area (Å²) in [5.74, 6) is -0.167. The number of fused-ring (bicyclic) bond motifs is 2. The van der Waals surface area contributed by atoms with Crippen LogP contribution in [-0.4, -0.2) is 66.4 Å². The fraction of sp³-hybridized carbons (Fsp3) is 0.553. The van der Waals surface area contributed by atoms with Gasteiger partial charge in [0.1, 0.15) is 23.9 Å². The molecule has 14 heteroatoms. The van der Waals surface area contributed by atoms with E-state index in [1.54, 1.807) is 13.0 Å². The van der Waals surface area contributed by atoms with Gasteiger partial charge >= 0.3 is 0 Å². The molecule has 0 bridgehead atoms. The number of rotatable bonds is 17. The van der Waals surface area contributed by atoms with Crippen molar-refractivity contribution in [3.05, 3.63) is 58.1 Å². The molecule has 0 unspecified atom stereocenters. The molecular formula is C38H52ClN7O5S. The number of ether oxygens (including phenoxy) is 1. The second-order valence-corrected chi connectivity index (χ2v) is 15.5. The Morgan fingerprint density at radius 2 is 1.63 bits per heavy atom. The molecule has 52 heavy (non-hydrogen) atoms. The van der Waals surface area contributed by atoms with Crippen LogP contribution in [0.1, 0.15) is 87.7 Å². The highest BCUT2D eigenvalue weighted by atomic mass is 35.5. The van der Waals surface area contributed by atoms with Crippen molar-refractivity contribution in [2.45, 2.75) is 102 Å². The lowest BCUT2D eigenvalue weighted by atomic mass is 9.79. The summed E-state index contributed by atoms with van der Waals surface area (Å²) >= 11 is 7.59. The van der Waals surface area contributed by atoms with Crippen LogP contribution < -0.4 is 37.5 Å². The monoisotopic (exact) mass is 753 g/mol. The summed E-state index contributed by atoms with van der Waals surface area (Å²) in [7, 11) is 0. The van der Waals surface area contributed by atoms with E-state index in [1.165, 1.54) is 11.3 Å². The van der Waals surface area contributed by atoms with Crippen molar-refractivity contribution in [1.82, 2.24) is 26.3 Å². The molecule has 2 aliphatic rings. The lowest BCUT2D eigenvalue weighted by Gasteiger charge is -2.32. The summed E-state index contributed by atoms with van der Waals surface area (Å²) in [5.41, 5.74) is 13.4. The molecule has 1 aromatic heterocycles. The molecule has 0 spiro atoms. The highest BCUT2D eigenvalue weighted by Crippen LogP contribution is 2.33. The number of nitrogens with one attached hydrogen (secondary N) is 4. The number of nitrogens with two attached hydrogens (primary N) is 2. The fourth-order valence-corrected chi connectivity index (χ4v) is 8.34. The van der Waals surface area contributed by atoms with Gasteiger partial charge in [0.25, 0.3) is 0 Å². The third-order valence-corrected chi connectivity index (χ3v) is 11.4. The fourth-order valence-electron chi connectivity index (χ4n) is 7.05. The topological polar surface area (TPSA) is 191 Å². The summed E-state index contributed by atoms with van der Waals surface area (Å²) < 4.78 is 6.66. The first-order valence-corrected chi connectivity index (χ1v) is 19.7. The highest BCUT2D eigenvalue weighted by Gasteiger charge is 2.34. The number of unbranched alkanes of at least 4 members (excludes halogenated alkanes) is 1. The molecule has 12 nitrogen and oxygen atoms in total. The van der Waals surface area contributed by atoms with Gasteiger partial charge in [0, 0.05) is 29.8 Å². The molecule has 282 valence electrons. The molecule has 4 amide bonds. The largest absolute Gasteiger partial charge is 0.493 e. The van der Waals surface area contributed by atoms with Gasteiger partial charge in [-0.05, 0) is 87.7 Å². The number of nitrogens with zero attached hydrogens (tertiary/aromatic N) is 1. The zero-order valence-corrected chi connectivity index (χ0v) is 31.4. The Balaban J connectivity index is 1.35. The van der Waals surface area contributed by atoms with Crippen LogP contribution in [0, 0.1) is 11.8 Å². The van der Waals surface area contributed by atoms with E-state index in [0.717, 1.165) is 47.2 Å². The van der Waals surface area contributed by atoms with Crippen molar-refractivity contribution in [1.29, 1.82) is 0 Å². The van der Waals surface area contributed by atoms with E-state index in [2.05, 4.69) is 26.3 Å². The average molecular weight is 754 g/mol. The molecule has 1 fully saturated rings. The van der Waals surface area contributed by atoms with Crippen molar-refractivity contribution < 1.29 is 23.9 Å². The highest BCUT2D eigenvalue weighted by molar-refractivity contribution is 7.18. The van der Waals surface area contributed by atoms with Crippen LogP contribution in [0.15, 0.2) is 42.5 Å². The normalized spacial score (nSPS) is 20.1. The van der Waals surface area contributed by atoms with Crippen molar-refractivity contribution in [3.63, 3.8) is 0 Å². The standard InChI is InChI=1S/C38H52ClN7O5S/c1-2-34(47)42-31(21-35-43-28-15-14-25(39)20-33(28)52-35)38(50)46-30(19-23-10-12-24(22-41)13-11-23)37(49)45-29(8-5-6-17-40)36(48)44-27-16-18-51-32-9-4-3-7-26(27)32/h3-4,7,9,14-15,20,23-24,27,29-31H,2,5-6,8,10-13,16-19,21-22,40-41H2,1H3,(H,42,47)(H,44,48)(H,45,49)(H,46,50)/t23?,24?,27-,29+,30+,31-/m1/s1. The van der Waals surface area contributed by atoms with Crippen LogP contribution in [0.2, 0.25) is 5.02 Å².